The Kier molecular flexibility index (Phi) is 4.86. The molecule has 0 aliphatic heterocycles. The minimum atomic E-state index is -0.122. The van der Waals surface area contributed by atoms with Crippen LogP contribution in [0.4, 0.5) is 0 Å². The summed E-state index contributed by atoms with van der Waals surface area (Å²) in [6.07, 6.45) is 6.10. The van der Waals surface area contributed by atoms with Gasteiger partial charge in [0.05, 0.1) is 6.61 Å². The first-order valence-electron chi connectivity index (χ1n) is 6.94. The molecule has 1 aromatic heterocycles. The lowest BCUT2D eigenvalue weighted by atomic mass is 9.81. The van der Waals surface area contributed by atoms with Crippen molar-refractivity contribution in [3.05, 3.63) is 6.33 Å². The van der Waals surface area contributed by atoms with Crippen molar-refractivity contribution in [1.82, 2.24) is 20.1 Å². The fourth-order valence-corrected chi connectivity index (χ4v) is 4.16. The average molecular weight is 284 g/mol. The molecule has 0 radical (unpaired) electrons. The Hall–Kier alpha value is -0.590. The zero-order valence-corrected chi connectivity index (χ0v) is 12.8. The second-order valence-electron chi connectivity index (χ2n) is 5.80. The van der Waals surface area contributed by atoms with Gasteiger partial charge in [-0.15, -0.1) is 10.2 Å². The summed E-state index contributed by atoms with van der Waals surface area (Å²) >= 11 is 1.78. The summed E-state index contributed by atoms with van der Waals surface area (Å²) in [7, 11) is 1.97. The molecule has 2 atom stereocenters. The van der Waals surface area contributed by atoms with E-state index in [0.29, 0.717) is 11.3 Å². The van der Waals surface area contributed by atoms with Gasteiger partial charge in [-0.1, -0.05) is 32.0 Å². The molecule has 5 nitrogen and oxygen atoms in total. The van der Waals surface area contributed by atoms with Gasteiger partial charge in [-0.05, 0) is 19.3 Å². The van der Waals surface area contributed by atoms with Crippen LogP contribution >= 0.6 is 11.8 Å². The Labute approximate surface area is 119 Å². The predicted molar refractivity (Wildman–Crippen MR) is 77.2 cm³/mol. The van der Waals surface area contributed by atoms with Crippen LogP contribution in [0.5, 0.6) is 0 Å². The Morgan fingerprint density at radius 2 is 2.42 bits per heavy atom. The van der Waals surface area contributed by atoms with Crippen LogP contribution in [-0.4, -0.2) is 43.3 Å². The summed E-state index contributed by atoms with van der Waals surface area (Å²) < 4.78 is 1.95. The van der Waals surface area contributed by atoms with Crippen LogP contribution in [0, 0.1) is 0 Å². The van der Waals surface area contributed by atoms with Crippen LogP contribution in [0.25, 0.3) is 0 Å². The molecule has 6 heteroatoms. The third-order valence-corrected chi connectivity index (χ3v) is 4.96. The number of aryl methyl sites for hydroxylation is 1. The summed E-state index contributed by atoms with van der Waals surface area (Å²) in [5.74, 6) is 0. The Balaban J connectivity index is 2.01. The molecule has 1 heterocycles. The largest absolute Gasteiger partial charge is 0.394 e. The van der Waals surface area contributed by atoms with Gasteiger partial charge in [0.1, 0.15) is 6.33 Å². The third-order valence-electron chi connectivity index (χ3n) is 3.64. The van der Waals surface area contributed by atoms with E-state index in [9.17, 15) is 5.11 Å². The zero-order valence-electron chi connectivity index (χ0n) is 12.0. The van der Waals surface area contributed by atoms with Crippen molar-refractivity contribution in [3.63, 3.8) is 0 Å². The maximum absolute atomic E-state index is 9.78. The molecule has 0 bridgehead atoms. The molecule has 1 saturated carbocycles. The standard InChI is InChI=1S/C13H24N4OS/c1-10(2)15-13(8-18)6-4-5-11(7-13)19-12-16-14-9-17(12)3/h9-11,15,18H,4-8H2,1-3H3. The zero-order chi connectivity index (χ0) is 13.9. The number of nitrogens with zero attached hydrogens (tertiary/aromatic N) is 3. The lowest BCUT2D eigenvalue weighted by molar-refractivity contribution is 0.115. The minimum Gasteiger partial charge on any atom is -0.394 e. The van der Waals surface area contributed by atoms with E-state index in [0.717, 1.165) is 24.4 Å². The molecule has 108 valence electrons. The summed E-state index contributed by atoms with van der Waals surface area (Å²) in [5.41, 5.74) is -0.122. The van der Waals surface area contributed by atoms with Gasteiger partial charge in [-0.2, -0.15) is 0 Å². The minimum absolute atomic E-state index is 0.122. The van der Waals surface area contributed by atoms with Crippen molar-refractivity contribution in [2.45, 2.75) is 61.5 Å². The number of nitrogens with one attached hydrogen (secondary N) is 1. The Morgan fingerprint density at radius 3 is 3.00 bits per heavy atom. The second-order valence-corrected chi connectivity index (χ2v) is 7.07. The number of hydrogen-bond acceptors (Lipinski definition) is 5. The Bertz CT molecular complexity index is 409. The van der Waals surface area contributed by atoms with Gasteiger partial charge in [0.15, 0.2) is 5.16 Å². The highest BCUT2D eigenvalue weighted by Crippen LogP contribution is 2.37. The summed E-state index contributed by atoms with van der Waals surface area (Å²) in [5, 5.41) is 22.9. The Morgan fingerprint density at radius 1 is 1.63 bits per heavy atom. The number of aliphatic hydroxyl groups is 1. The van der Waals surface area contributed by atoms with E-state index in [2.05, 4.69) is 29.4 Å². The molecular weight excluding hydrogens is 260 g/mol. The van der Waals surface area contributed by atoms with Crippen molar-refractivity contribution in [1.29, 1.82) is 0 Å². The lowest BCUT2D eigenvalue weighted by Gasteiger charge is -2.41. The fourth-order valence-electron chi connectivity index (χ4n) is 2.87. The van der Waals surface area contributed by atoms with E-state index in [1.807, 2.05) is 11.6 Å². The van der Waals surface area contributed by atoms with Gasteiger partial charge >= 0.3 is 0 Å². The molecule has 2 N–H and O–H groups in total. The first kappa shape index (κ1) is 14.8. The number of hydrogen-bond donors (Lipinski definition) is 2. The fraction of sp³-hybridized carbons (Fsp3) is 0.846. The highest BCUT2D eigenvalue weighted by Gasteiger charge is 2.36. The first-order chi connectivity index (χ1) is 9.04. The molecule has 1 fully saturated rings. The third kappa shape index (κ3) is 3.70. The topological polar surface area (TPSA) is 63.0 Å². The van der Waals surface area contributed by atoms with Crippen LogP contribution < -0.4 is 5.32 Å². The quantitative estimate of drug-likeness (QED) is 0.859. The molecular formula is C13H24N4OS. The molecule has 0 saturated heterocycles. The first-order valence-corrected chi connectivity index (χ1v) is 7.82. The van der Waals surface area contributed by atoms with Crippen LogP contribution in [0.1, 0.15) is 39.5 Å². The molecule has 2 unspecified atom stereocenters. The van der Waals surface area contributed by atoms with E-state index in [1.54, 1.807) is 18.1 Å². The molecule has 1 aliphatic rings. The van der Waals surface area contributed by atoms with E-state index in [1.165, 1.54) is 6.42 Å². The van der Waals surface area contributed by atoms with E-state index < -0.39 is 0 Å². The molecule has 1 aliphatic carbocycles. The average Bonchev–Trinajstić information content (AvgIpc) is 2.75. The summed E-state index contributed by atoms with van der Waals surface area (Å²) in [6.45, 7) is 4.48. The van der Waals surface area contributed by atoms with E-state index in [-0.39, 0.29) is 12.1 Å². The van der Waals surface area contributed by atoms with Crippen molar-refractivity contribution in [2.24, 2.45) is 7.05 Å². The second kappa shape index (κ2) is 6.24. The van der Waals surface area contributed by atoms with Crippen molar-refractivity contribution in [2.75, 3.05) is 6.61 Å². The predicted octanol–water partition coefficient (Wildman–Crippen LogP) is 1.58. The molecule has 1 aromatic rings. The lowest BCUT2D eigenvalue weighted by Crippen LogP contribution is -2.54. The van der Waals surface area contributed by atoms with Crippen LogP contribution in [0.3, 0.4) is 0 Å². The van der Waals surface area contributed by atoms with Crippen LogP contribution in [0.2, 0.25) is 0 Å². The van der Waals surface area contributed by atoms with Crippen molar-refractivity contribution in [3.8, 4) is 0 Å². The number of aromatic nitrogens is 3. The normalized spacial score (nSPS) is 27.9. The SMILES string of the molecule is CC(C)NC1(CO)CCCC(Sc2nncn2C)C1. The number of aliphatic hydroxyl groups excluding tert-OH is 1. The van der Waals surface area contributed by atoms with Crippen LogP contribution in [0.15, 0.2) is 11.5 Å². The van der Waals surface area contributed by atoms with Gasteiger partial charge in [-0.3, -0.25) is 0 Å². The van der Waals surface area contributed by atoms with E-state index >= 15 is 0 Å². The van der Waals surface area contributed by atoms with Gasteiger partial charge in [0.2, 0.25) is 0 Å². The molecule has 0 aromatic carbocycles. The van der Waals surface area contributed by atoms with Gasteiger partial charge < -0.3 is 15.0 Å². The van der Waals surface area contributed by atoms with E-state index in [4.69, 9.17) is 0 Å². The molecule has 0 spiro atoms. The highest BCUT2D eigenvalue weighted by atomic mass is 32.2. The van der Waals surface area contributed by atoms with Gasteiger partial charge in [0.25, 0.3) is 0 Å². The maximum Gasteiger partial charge on any atom is 0.191 e. The number of rotatable bonds is 5. The summed E-state index contributed by atoms with van der Waals surface area (Å²) in [6, 6.07) is 0.394. The number of thioether (sulfide) groups is 1. The van der Waals surface area contributed by atoms with Gasteiger partial charge in [0, 0.05) is 23.9 Å². The highest BCUT2D eigenvalue weighted by molar-refractivity contribution is 7.99. The molecule has 19 heavy (non-hydrogen) atoms. The van der Waals surface area contributed by atoms with Crippen molar-refractivity contribution >= 4 is 11.8 Å². The maximum atomic E-state index is 9.78. The smallest absolute Gasteiger partial charge is 0.191 e. The van der Waals surface area contributed by atoms with Crippen molar-refractivity contribution < 1.29 is 5.11 Å². The van der Waals surface area contributed by atoms with Gasteiger partial charge in [-0.25, -0.2) is 0 Å². The molecule has 2 rings (SSSR count). The van der Waals surface area contributed by atoms with Crippen LogP contribution in [-0.2, 0) is 7.05 Å². The summed E-state index contributed by atoms with van der Waals surface area (Å²) in [4.78, 5) is 0. The monoisotopic (exact) mass is 284 g/mol. The molecule has 0 amide bonds.